The van der Waals surface area contributed by atoms with E-state index in [4.69, 9.17) is 0 Å². The maximum Gasteiger partial charge on any atom is 0.230 e. The van der Waals surface area contributed by atoms with Crippen LogP contribution in [0.3, 0.4) is 0 Å². The van der Waals surface area contributed by atoms with Crippen LogP contribution in [-0.4, -0.2) is 61.8 Å². The Hall–Kier alpha value is -4.33. The van der Waals surface area contributed by atoms with Gasteiger partial charge in [-0.2, -0.15) is 5.10 Å². The lowest BCUT2D eigenvalue weighted by Gasteiger charge is -2.21. The predicted octanol–water partition coefficient (Wildman–Crippen LogP) is 3.62. The molecule has 1 atom stereocenters. The van der Waals surface area contributed by atoms with Gasteiger partial charge in [-0.15, -0.1) is 0 Å². The molecule has 0 saturated carbocycles. The average molecular weight is 514 g/mol. The third-order valence-corrected chi connectivity index (χ3v) is 6.44. The fourth-order valence-electron chi connectivity index (χ4n) is 4.58. The summed E-state index contributed by atoms with van der Waals surface area (Å²) in [7, 11) is 0. The highest BCUT2D eigenvalue weighted by Crippen LogP contribution is 2.23. The Morgan fingerprint density at radius 2 is 2.13 bits per heavy atom. The molecule has 3 heterocycles. The first kappa shape index (κ1) is 25.3. The van der Waals surface area contributed by atoms with Crippen LogP contribution in [0.25, 0.3) is 10.9 Å². The highest BCUT2D eigenvalue weighted by Gasteiger charge is 2.22. The Kier molecular flexibility index (Phi) is 7.87. The normalized spacial score (nSPS) is 15.3. The molecule has 0 radical (unpaired) electrons. The van der Waals surface area contributed by atoms with Gasteiger partial charge in [-0.25, -0.2) is 14.4 Å². The average Bonchev–Trinajstić information content (AvgIpc) is 3.55. The van der Waals surface area contributed by atoms with Crippen molar-refractivity contribution in [1.82, 2.24) is 25.1 Å². The number of fused-ring (bicyclic) bond motifs is 1. The van der Waals surface area contributed by atoms with Crippen LogP contribution in [0.1, 0.15) is 30.5 Å². The van der Waals surface area contributed by atoms with Gasteiger partial charge in [0.15, 0.2) is 5.82 Å². The van der Waals surface area contributed by atoms with Crippen molar-refractivity contribution < 1.29 is 14.3 Å². The molecule has 1 aliphatic rings. The zero-order chi connectivity index (χ0) is 26.3. The predicted molar refractivity (Wildman–Crippen MR) is 143 cm³/mol. The number of halogens is 1. The molecule has 5 rings (SSSR count). The molecule has 38 heavy (non-hydrogen) atoms. The zero-order valence-electron chi connectivity index (χ0n) is 20.7. The SMILES string of the molecule is O=C(Cc1cc(Nc2ncnc3cc(C#CCCN4CCC[C@H]4CO)ccc23)n[nH]1)Nc1cccc(F)c1. The highest BCUT2D eigenvalue weighted by molar-refractivity contribution is 5.93. The van der Waals surface area contributed by atoms with E-state index < -0.39 is 5.82 Å². The lowest BCUT2D eigenvalue weighted by Crippen LogP contribution is -2.32. The molecular formula is C28H28FN7O2. The van der Waals surface area contributed by atoms with Gasteiger partial charge in [0, 0.05) is 47.4 Å². The van der Waals surface area contributed by atoms with Crippen molar-refractivity contribution in [2.24, 2.45) is 0 Å². The minimum absolute atomic E-state index is 0.0517. The summed E-state index contributed by atoms with van der Waals surface area (Å²) in [4.78, 5) is 23.3. The highest BCUT2D eigenvalue weighted by atomic mass is 19.1. The molecule has 4 aromatic rings. The summed E-state index contributed by atoms with van der Waals surface area (Å²) in [6, 6.07) is 13.5. The first-order valence-electron chi connectivity index (χ1n) is 12.5. The van der Waals surface area contributed by atoms with Crippen LogP contribution in [-0.2, 0) is 11.2 Å². The number of likely N-dealkylation sites (tertiary alicyclic amines) is 1. The number of aromatic nitrogens is 4. The van der Waals surface area contributed by atoms with E-state index in [1.165, 1.54) is 24.5 Å². The number of hydrogen-bond acceptors (Lipinski definition) is 7. The quantitative estimate of drug-likeness (QED) is 0.266. The number of nitrogens with one attached hydrogen (secondary N) is 3. The molecule has 0 aliphatic carbocycles. The fourth-order valence-corrected chi connectivity index (χ4v) is 4.58. The van der Waals surface area contributed by atoms with Crippen LogP contribution < -0.4 is 10.6 Å². The standard InChI is InChI=1S/C28H28FN7O2/c29-20-6-3-7-21(14-20)32-27(38)16-22-15-26(35-34-22)33-28-24-10-9-19(13-25(24)30-18-31-28)5-1-2-11-36-12-4-8-23(36)17-37/h3,6-7,9-10,13-15,18,23,37H,2,4,8,11-12,16-17H2,(H,32,38)(H2,30,31,33,34,35)/t23-/m0/s1. The van der Waals surface area contributed by atoms with Gasteiger partial charge in [0.2, 0.25) is 5.91 Å². The maximum absolute atomic E-state index is 13.3. The van der Waals surface area contributed by atoms with E-state index in [1.807, 2.05) is 18.2 Å². The molecule has 1 fully saturated rings. The Labute approximate surface area is 219 Å². The second kappa shape index (κ2) is 11.8. The van der Waals surface area contributed by atoms with Crippen molar-refractivity contribution in [2.75, 3.05) is 30.3 Å². The monoisotopic (exact) mass is 513 g/mol. The summed E-state index contributed by atoms with van der Waals surface area (Å²) in [5.41, 5.74) is 2.61. The van der Waals surface area contributed by atoms with E-state index >= 15 is 0 Å². The molecule has 2 aromatic heterocycles. The van der Waals surface area contributed by atoms with Crippen molar-refractivity contribution in [3.63, 3.8) is 0 Å². The Morgan fingerprint density at radius 1 is 1.21 bits per heavy atom. The summed E-state index contributed by atoms with van der Waals surface area (Å²) >= 11 is 0. The van der Waals surface area contributed by atoms with Gasteiger partial charge in [0.05, 0.1) is 18.5 Å². The van der Waals surface area contributed by atoms with E-state index in [-0.39, 0.29) is 25.0 Å². The number of hydrogen-bond donors (Lipinski definition) is 4. The molecule has 1 saturated heterocycles. The second-order valence-corrected chi connectivity index (χ2v) is 9.16. The number of aliphatic hydroxyl groups excluding tert-OH is 1. The molecule has 4 N–H and O–H groups in total. The number of aliphatic hydroxyl groups is 1. The number of carbonyl (C=O) groups excluding carboxylic acids is 1. The summed E-state index contributed by atoms with van der Waals surface area (Å²) < 4.78 is 13.3. The zero-order valence-corrected chi connectivity index (χ0v) is 20.7. The van der Waals surface area contributed by atoms with Crippen LogP contribution in [0.2, 0.25) is 0 Å². The van der Waals surface area contributed by atoms with Crippen molar-refractivity contribution in [2.45, 2.75) is 31.7 Å². The van der Waals surface area contributed by atoms with Crippen molar-refractivity contribution >= 4 is 34.1 Å². The number of nitrogens with zero attached hydrogens (tertiary/aromatic N) is 4. The van der Waals surface area contributed by atoms with Crippen LogP contribution in [0.15, 0.2) is 54.9 Å². The molecule has 0 unspecified atom stereocenters. The van der Waals surface area contributed by atoms with E-state index in [1.54, 1.807) is 12.1 Å². The minimum atomic E-state index is -0.415. The summed E-state index contributed by atoms with van der Waals surface area (Å²) in [5.74, 6) is 6.82. The molecule has 0 spiro atoms. The molecule has 2 aromatic carbocycles. The summed E-state index contributed by atoms with van der Waals surface area (Å²) in [5, 5.41) is 23.2. The van der Waals surface area contributed by atoms with Crippen LogP contribution in [0.4, 0.5) is 21.7 Å². The van der Waals surface area contributed by atoms with Gasteiger partial charge in [-0.3, -0.25) is 14.8 Å². The van der Waals surface area contributed by atoms with E-state index in [2.05, 4.69) is 47.5 Å². The van der Waals surface area contributed by atoms with Gasteiger partial charge in [0.1, 0.15) is 18.0 Å². The Morgan fingerprint density at radius 3 is 3.00 bits per heavy atom. The van der Waals surface area contributed by atoms with E-state index in [0.29, 0.717) is 23.0 Å². The van der Waals surface area contributed by atoms with Crippen molar-refractivity contribution in [3.05, 3.63) is 71.9 Å². The first-order valence-corrected chi connectivity index (χ1v) is 12.5. The van der Waals surface area contributed by atoms with Crippen molar-refractivity contribution in [3.8, 4) is 11.8 Å². The largest absolute Gasteiger partial charge is 0.395 e. The topological polar surface area (TPSA) is 119 Å². The number of anilines is 3. The summed E-state index contributed by atoms with van der Waals surface area (Å²) in [6.07, 6.45) is 4.45. The number of amides is 1. The van der Waals surface area contributed by atoms with Crippen molar-refractivity contribution in [1.29, 1.82) is 0 Å². The smallest absolute Gasteiger partial charge is 0.230 e. The molecule has 194 valence electrons. The maximum atomic E-state index is 13.3. The van der Waals surface area contributed by atoms with E-state index in [9.17, 15) is 14.3 Å². The first-order chi connectivity index (χ1) is 18.6. The third-order valence-electron chi connectivity index (χ3n) is 6.44. The molecule has 10 heteroatoms. The van der Waals surface area contributed by atoms with Crippen LogP contribution >= 0.6 is 0 Å². The number of carbonyl (C=O) groups is 1. The minimum Gasteiger partial charge on any atom is -0.395 e. The van der Waals surface area contributed by atoms with Gasteiger partial charge >= 0.3 is 0 Å². The van der Waals surface area contributed by atoms with Gasteiger partial charge < -0.3 is 15.7 Å². The Balaban J connectivity index is 1.20. The van der Waals surface area contributed by atoms with Crippen LogP contribution in [0, 0.1) is 17.7 Å². The Bertz CT molecular complexity index is 1490. The number of H-pyrrole nitrogens is 1. The number of benzene rings is 2. The van der Waals surface area contributed by atoms with E-state index in [0.717, 1.165) is 48.8 Å². The molecule has 9 nitrogen and oxygen atoms in total. The lowest BCUT2D eigenvalue weighted by atomic mass is 10.1. The van der Waals surface area contributed by atoms with Gasteiger partial charge in [-0.05, 0) is 55.8 Å². The second-order valence-electron chi connectivity index (χ2n) is 9.16. The molecular weight excluding hydrogens is 485 g/mol. The molecule has 1 amide bonds. The molecule has 0 bridgehead atoms. The number of rotatable bonds is 8. The van der Waals surface area contributed by atoms with Gasteiger partial charge in [-0.1, -0.05) is 17.9 Å². The molecule has 1 aliphatic heterocycles. The third kappa shape index (κ3) is 6.32. The summed E-state index contributed by atoms with van der Waals surface area (Å²) in [6.45, 7) is 2.09. The van der Waals surface area contributed by atoms with Crippen LogP contribution in [0.5, 0.6) is 0 Å². The fraction of sp³-hybridized carbons (Fsp3) is 0.286. The van der Waals surface area contributed by atoms with Gasteiger partial charge in [0.25, 0.3) is 0 Å². The number of aromatic amines is 1. The lowest BCUT2D eigenvalue weighted by molar-refractivity contribution is -0.115.